The minimum atomic E-state index is 0.643. The molecule has 1 rings (SSSR count). The second-order valence-corrected chi connectivity index (χ2v) is 6.70. The summed E-state index contributed by atoms with van der Waals surface area (Å²) in [5.41, 5.74) is 0. The molecule has 0 saturated heterocycles. The van der Waals surface area contributed by atoms with Gasteiger partial charge in [0.1, 0.15) is 5.75 Å². The second kappa shape index (κ2) is 11.2. The molecule has 2 heteroatoms. The van der Waals surface area contributed by atoms with E-state index in [1.807, 2.05) is 24.3 Å². The van der Waals surface area contributed by atoms with Crippen LogP contribution in [-0.2, 0) is 0 Å². The molecule has 0 saturated carbocycles. The highest BCUT2D eigenvalue weighted by atomic mass is 79.9. The molecule has 1 nitrogen and oxygen atoms in total. The van der Waals surface area contributed by atoms with Gasteiger partial charge in [-0.05, 0) is 30.5 Å². The number of benzene rings is 1. The summed E-state index contributed by atoms with van der Waals surface area (Å²) in [4.78, 5) is 0. The molecule has 114 valence electrons. The van der Waals surface area contributed by atoms with Crippen LogP contribution in [0.5, 0.6) is 5.75 Å². The smallest absolute Gasteiger partial charge is 0.120 e. The van der Waals surface area contributed by atoms with E-state index in [1.165, 1.54) is 51.4 Å². The predicted molar refractivity (Wildman–Crippen MR) is 91.4 cm³/mol. The van der Waals surface area contributed by atoms with E-state index in [2.05, 4.69) is 29.8 Å². The van der Waals surface area contributed by atoms with E-state index in [9.17, 15) is 0 Å². The Balaban J connectivity index is 2.01. The van der Waals surface area contributed by atoms with Crippen LogP contribution >= 0.6 is 15.9 Å². The molecule has 0 aliphatic rings. The van der Waals surface area contributed by atoms with Crippen molar-refractivity contribution in [2.75, 3.05) is 6.61 Å². The van der Waals surface area contributed by atoms with Crippen LogP contribution in [0, 0.1) is 5.92 Å². The summed E-state index contributed by atoms with van der Waals surface area (Å²) in [6, 6.07) is 8.08. The van der Waals surface area contributed by atoms with Crippen LogP contribution < -0.4 is 4.74 Å². The minimum Gasteiger partial charge on any atom is -0.493 e. The van der Waals surface area contributed by atoms with Gasteiger partial charge in [0.25, 0.3) is 0 Å². The zero-order valence-corrected chi connectivity index (χ0v) is 14.6. The van der Waals surface area contributed by atoms with Crippen molar-refractivity contribution in [1.82, 2.24) is 0 Å². The maximum atomic E-state index is 5.83. The summed E-state index contributed by atoms with van der Waals surface area (Å²) < 4.78 is 6.91. The number of hydrogen-bond acceptors (Lipinski definition) is 1. The van der Waals surface area contributed by atoms with Crippen LogP contribution in [0.3, 0.4) is 0 Å². The first-order valence-electron chi connectivity index (χ1n) is 8.10. The quantitative estimate of drug-likeness (QED) is 0.412. The number of halogens is 1. The Morgan fingerprint density at radius 1 is 1.05 bits per heavy atom. The third-order valence-corrected chi connectivity index (χ3v) is 4.12. The van der Waals surface area contributed by atoms with Crippen molar-refractivity contribution >= 4 is 15.9 Å². The SMILES string of the molecule is CCCCCCCCCC(C)COc1cccc(Br)c1. The first kappa shape index (κ1) is 17.6. The lowest BCUT2D eigenvalue weighted by Gasteiger charge is -2.13. The molecule has 0 N–H and O–H groups in total. The van der Waals surface area contributed by atoms with E-state index in [-0.39, 0.29) is 0 Å². The monoisotopic (exact) mass is 340 g/mol. The van der Waals surface area contributed by atoms with Gasteiger partial charge < -0.3 is 4.74 Å². The van der Waals surface area contributed by atoms with Gasteiger partial charge in [-0.15, -0.1) is 0 Å². The average Bonchev–Trinajstić information content (AvgIpc) is 2.44. The van der Waals surface area contributed by atoms with Crippen LogP contribution in [0.1, 0.15) is 65.2 Å². The van der Waals surface area contributed by atoms with Crippen LogP contribution in [0.15, 0.2) is 28.7 Å². The van der Waals surface area contributed by atoms with Crippen molar-refractivity contribution in [2.45, 2.75) is 65.2 Å². The number of ether oxygens (including phenoxy) is 1. The van der Waals surface area contributed by atoms with Gasteiger partial charge in [-0.1, -0.05) is 80.8 Å². The van der Waals surface area contributed by atoms with Crippen molar-refractivity contribution in [3.05, 3.63) is 28.7 Å². The number of hydrogen-bond donors (Lipinski definition) is 0. The highest BCUT2D eigenvalue weighted by molar-refractivity contribution is 9.10. The van der Waals surface area contributed by atoms with Gasteiger partial charge in [0.15, 0.2) is 0 Å². The van der Waals surface area contributed by atoms with E-state index in [4.69, 9.17) is 4.74 Å². The summed E-state index contributed by atoms with van der Waals surface area (Å²) in [7, 11) is 0. The van der Waals surface area contributed by atoms with Gasteiger partial charge in [0.05, 0.1) is 6.61 Å². The maximum absolute atomic E-state index is 5.83. The largest absolute Gasteiger partial charge is 0.493 e. The molecule has 0 aromatic heterocycles. The number of unbranched alkanes of at least 4 members (excludes halogenated alkanes) is 6. The molecule has 0 heterocycles. The van der Waals surface area contributed by atoms with Crippen LogP contribution in [-0.4, -0.2) is 6.61 Å². The number of rotatable bonds is 11. The zero-order chi connectivity index (χ0) is 14.6. The van der Waals surface area contributed by atoms with Gasteiger partial charge >= 0.3 is 0 Å². The Kier molecular flexibility index (Phi) is 9.82. The molecule has 1 aromatic rings. The summed E-state index contributed by atoms with van der Waals surface area (Å²) in [6.07, 6.45) is 11.0. The van der Waals surface area contributed by atoms with Crippen molar-refractivity contribution in [3.8, 4) is 5.75 Å². The van der Waals surface area contributed by atoms with Crippen LogP contribution in [0.4, 0.5) is 0 Å². The van der Waals surface area contributed by atoms with E-state index in [1.54, 1.807) is 0 Å². The van der Waals surface area contributed by atoms with Crippen molar-refractivity contribution in [2.24, 2.45) is 5.92 Å². The molecule has 1 unspecified atom stereocenters. The van der Waals surface area contributed by atoms with Gasteiger partial charge in [-0.3, -0.25) is 0 Å². The molecule has 1 atom stereocenters. The molecule has 0 fully saturated rings. The normalized spacial score (nSPS) is 12.3. The molecular weight excluding hydrogens is 312 g/mol. The molecule has 0 amide bonds. The van der Waals surface area contributed by atoms with E-state index >= 15 is 0 Å². The van der Waals surface area contributed by atoms with Crippen LogP contribution in [0.25, 0.3) is 0 Å². The van der Waals surface area contributed by atoms with E-state index in [0.717, 1.165) is 16.8 Å². The van der Waals surface area contributed by atoms with E-state index < -0.39 is 0 Å². The average molecular weight is 341 g/mol. The van der Waals surface area contributed by atoms with Gasteiger partial charge in [0.2, 0.25) is 0 Å². The first-order chi connectivity index (χ1) is 9.72. The molecule has 0 spiro atoms. The van der Waals surface area contributed by atoms with Gasteiger partial charge in [-0.2, -0.15) is 0 Å². The molecule has 0 radical (unpaired) electrons. The third-order valence-electron chi connectivity index (χ3n) is 3.63. The lowest BCUT2D eigenvalue weighted by molar-refractivity contribution is 0.248. The van der Waals surface area contributed by atoms with Gasteiger partial charge in [0, 0.05) is 4.47 Å². The third kappa shape index (κ3) is 8.63. The molecule has 20 heavy (non-hydrogen) atoms. The topological polar surface area (TPSA) is 9.23 Å². The van der Waals surface area contributed by atoms with Crippen LogP contribution in [0.2, 0.25) is 0 Å². The molecule has 1 aromatic carbocycles. The summed E-state index contributed by atoms with van der Waals surface area (Å²) in [6.45, 7) is 5.38. The van der Waals surface area contributed by atoms with Crippen molar-refractivity contribution in [3.63, 3.8) is 0 Å². The fourth-order valence-electron chi connectivity index (χ4n) is 2.33. The fraction of sp³-hybridized carbons (Fsp3) is 0.667. The van der Waals surface area contributed by atoms with Gasteiger partial charge in [-0.25, -0.2) is 0 Å². The molecule has 0 bridgehead atoms. The standard InChI is InChI=1S/C18H29BrO/c1-3-4-5-6-7-8-9-11-16(2)15-20-18-13-10-12-17(19)14-18/h10,12-14,16H,3-9,11,15H2,1-2H3. The summed E-state index contributed by atoms with van der Waals surface area (Å²) >= 11 is 3.47. The van der Waals surface area contributed by atoms with E-state index in [0.29, 0.717) is 5.92 Å². The predicted octanol–water partition coefficient (Wildman–Crippen LogP) is 6.60. The summed E-state index contributed by atoms with van der Waals surface area (Å²) in [5, 5.41) is 0. The first-order valence-corrected chi connectivity index (χ1v) is 8.90. The lowest BCUT2D eigenvalue weighted by atomic mass is 10.0. The highest BCUT2D eigenvalue weighted by Crippen LogP contribution is 2.19. The molecular formula is C18H29BrO. The van der Waals surface area contributed by atoms with Crippen molar-refractivity contribution in [1.29, 1.82) is 0 Å². The van der Waals surface area contributed by atoms with Crippen molar-refractivity contribution < 1.29 is 4.74 Å². The second-order valence-electron chi connectivity index (χ2n) is 5.78. The fourth-order valence-corrected chi connectivity index (χ4v) is 2.71. The maximum Gasteiger partial charge on any atom is 0.120 e. The zero-order valence-electron chi connectivity index (χ0n) is 13.0. The molecule has 0 aliphatic carbocycles. The Morgan fingerprint density at radius 3 is 2.45 bits per heavy atom. The highest BCUT2D eigenvalue weighted by Gasteiger charge is 2.03. The Hall–Kier alpha value is -0.500. The Bertz CT molecular complexity index is 351. The minimum absolute atomic E-state index is 0.643. The summed E-state index contributed by atoms with van der Waals surface area (Å²) in [5.74, 6) is 1.61. The Morgan fingerprint density at radius 2 is 1.75 bits per heavy atom. The lowest BCUT2D eigenvalue weighted by Crippen LogP contribution is -2.08. The molecule has 0 aliphatic heterocycles. The Labute approximate surface area is 133 Å².